The molecule has 4 nitrogen and oxygen atoms in total. The van der Waals surface area contributed by atoms with Crippen LogP contribution in [-0.4, -0.2) is 34.6 Å². The van der Waals surface area contributed by atoms with E-state index >= 15 is 0 Å². The first-order valence-electron chi connectivity index (χ1n) is 11.7. The molecular weight excluding hydrogens is 416 g/mol. The van der Waals surface area contributed by atoms with Crippen LogP contribution in [0.3, 0.4) is 0 Å². The summed E-state index contributed by atoms with van der Waals surface area (Å²) < 4.78 is 0. The Labute approximate surface area is 197 Å². The Morgan fingerprint density at radius 3 is 2.41 bits per heavy atom. The number of thioether (sulfide) groups is 1. The van der Waals surface area contributed by atoms with Gasteiger partial charge in [0.1, 0.15) is 6.04 Å². The number of carbonyl (C=O) groups excluding carboxylic acids is 2. The lowest BCUT2D eigenvalue weighted by atomic mass is 10.1. The van der Waals surface area contributed by atoms with Gasteiger partial charge in [-0.2, -0.15) is 0 Å². The van der Waals surface area contributed by atoms with Crippen LogP contribution in [0, 0.1) is 13.8 Å². The van der Waals surface area contributed by atoms with E-state index in [9.17, 15) is 9.59 Å². The number of aryl methyl sites for hydroxylation is 2. The maximum atomic E-state index is 13.3. The lowest BCUT2D eigenvalue weighted by molar-refractivity contribution is -0.139. The average molecular weight is 453 g/mol. The van der Waals surface area contributed by atoms with Gasteiger partial charge in [0.15, 0.2) is 0 Å². The summed E-state index contributed by atoms with van der Waals surface area (Å²) >= 11 is 1.61. The van der Waals surface area contributed by atoms with E-state index in [2.05, 4.69) is 67.7 Å². The SMILES string of the molecule is CC[C@H](C(=O)NC1CCCC1)N(Cc1ccc(C)cc1)C(=O)CSCc1cccc(C)c1. The highest BCUT2D eigenvalue weighted by Crippen LogP contribution is 2.21. The van der Waals surface area contributed by atoms with E-state index in [4.69, 9.17) is 0 Å². The minimum Gasteiger partial charge on any atom is -0.352 e. The maximum absolute atomic E-state index is 13.3. The van der Waals surface area contributed by atoms with Crippen LogP contribution in [-0.2, 0) is 21.9 Å². The van der Waals surface area contributed by atoms with Crippen molar-refractivity contribution in [1.82, 2.24) is 10.2 Å². The summed E-state index contributed by atoms with van der Waals surface area (Å²) in [4.78, 5) is 28.3. The van der Waals surface area contributed by atoms with E-state index in [-0.39, 0.29) is 17.9 Å². The van der Waals surface area contributed by atoms with Crippen LogP contribution in [0.15, 0.2) is 48.5 Å². The van der Waals surface area contributed by atoms with Gasteiger partial charge in [-0.25, -0.2) is 0 Å². The van der Waals surface area contributed by atoms with E-state index < -0.39 is 6.04 Å². The molecule has 2 aromatic carbocycles. The van der Waals surface area contributed by atoms with Crippen molar-refractivity contribution in [3.63, 3.8) is 0 Å². The van der Waals surface area contributed by atoms with Gasteiger partial charge in [0.2, 0.25) is 11.8 Å². The van der Waals surface area contributed by atoms with Crippen LogP contribution < -0.4 is 5.32 Å². The molecule has 0 aliphatic heterocycles. The summed E-state index contributed by atoms with van der Waals surface area (Å²) in [5.41, 5.74) is 4.69. The van der Waals surface area contributed by atoms with Crippen LogP contribution in [0.25, 0.3) is 0 Å². The Hall–Kier alpha value is -2.27. The van der Waals surface area contributed by atoms with Crippen molar-refractivity contribution in [1.29, 1.82) is 0 Å². The van der Waals surface area contributed by atoms with Crippen LogP contribution in [0.1, 0.15) is 61.3 Å². The molecule has 1 aliphatic carbocycles. The highest BCUT2D eigenvalue weighted by molar-refractivity contribution is 7.99. The zero-order chi connectivity index (χ0) is 22.9. The third-order valence-corrected chi connectivity index (χ3v) is 7.13. The van der Waals surface area contributed by atoms with Gasteiger partial charge in [-0.05, 0) is 44.2 Å². The third kappa shape index (κ3) is 7.13. The summed E-state index contributed by atoms with van der Waals surface area (Å²) in [6.45, 7) is 6.59. The molecule has 0 bridgehead atoms. The number of hydrogen-bond acceptors (Lipinski definition) is 3. The number of hydrogen-bond donors (Lipinski definition) is 1. The summed E-state index contributed by atoms with van der Waals surface area (Å²) in [7, 11) is 0. The molecule has 2 aromatic rings. The van der Waals surface area contributed by atoms with Gasteiger partial charge < -0.3 is 10.2 Å². The van der Waals surface area contributed by atoms with Gasteiger partial charge >= 0.3 is 0 Å². The van der Waals surface area contributed by atoms with Crippen molar-refractivity contribution in [2.45, 2.75) is 77.3 Å². The molecule has 1 saturated carbocycles. The largest absolute Gasteiger partial charge is 0.352 e. The number of nitrogens with one attached hydrogen (secondary N) is 1. The molecule has 0 unspecified atom stereocenters. The number of rotatable bonds is 10. The highest BCUT2D eigenvalue weighted by atomic mass is 32.2. The second-order valence-corrected chi connectivity index (χ2v) is 9.89. The number of amides is 2. The van der Waals surface area contributed by atoms with E-state index in [1.54, 1.807) is 16.7 Å². The van der Waals surface area contributed by atoms with Crippen LogP contribution in [0.2, 0.25) is 0 Å². The van der Waals surface area contributed by atoms with E-state index in [0.717, 1.165) is 24.2 Å². The Morgan fingerprint density at radius 2 is 1.75 bits per heavy atom. The van der Waals surface area contributed by atoms with Gasteiger partial charge in [0.25, 0.3) is 0 Å². The molecule has 1 fully saturated rings. The Balaban J connectivity index is 1.69. The lowest BCUT2D eigenvalue weighted by Crippen LogP contribution is -2.51. The fourth-order valence-electron chi connectivity index (χ4n) is 4.32. The standard InChI is InChI=1S/C27H36N2O2S/c1-4-25(27(31)28-24-10-5-6-11-24)29(17-22-14-12-20(2)13-15-22)26(30)19-32-18-23-9-7-8-21(3)16-23/h7-9,12-16,24-25H,4-6,10-11,17-19H2,1-3H3,(H,28,31)/t25-/m1/s1. The molecule has 0 heterocycles. The molecule has 1 N–H and O–H groups in total. The van der Waals surface area contributed by atoms with Gasteiger partial charge in [-0.3, -0.25) is 9.59 Å². The fourth-order valence-corrected chi connectivity index (χ4v) is 5.18. The predicted molar refractivity (Wildman–Crippen MR) is 134 cm³/mol. The quantitative estimate of drug-likeness (QED) is 0.525. The number of benzene rings is 2. The summed E-state index contributed by atoms with van der Waals surface area (Å²) in [5, 5.41) is 3.21. The zero-order valence-corrected chi connectivity index (χ0v) is 20.4. The van der Waals surface area contributed by atoms with Crippen molar-refractivity contribution in [2.75, 3.05) is 5.75 Å². The van der Waals surface area contributed by atoms with Crippen molar-refractivity contribution in [2.24, 2.45) is 0 Å². The maximum Gasteiger partial charge on any atom is 0.243 e. The highest BCUT2D eigenvalue weighted by Gasteiger charge is 2.30. The monoisotopic (exact) mass is 452 g/mol. The molecule has 172 valence electrons. The Morgan fingerprint density at radius 1 is 1.03 bits per heavy atom. The normalized spacial score (nSPS) is 14.8. The number of carbonyl (C=O) groups is 2. The van der Waals surface area contributed by atoms with Gasteiger partial charge in [-0.1, -0.05) is 79.4 Å². The van der Waals surface area contributed by atoms with Crippen LogP contribution in [0.5, 0.6) is 0 Å². The first-order valence-corrected chi connectivity index (χ1v) is 12.9. The van der Waals surface area contributed by atoms with Crippen molar-refractivity contribution < 1.29 is 9.59 Å². The average Bonchev–Trinajstić information content (AvgIpc) is 3.28. The zero-order valence-electron chi connectivity index (χ0n) is 19.6. The van der Waals surface area contributed by atoms with Crippen molar-refractivity contribution >= 4 is 23.6 Å². The molecule has 1 atom stereocenters. The minimum atomic E-state index is -0.441. The predicted octanol–water partition coefficient (Wildman–Crippen LogP) is 5.40. The summed E-state index contributed by atoms with van der Waals surface area (Å²) in [6.07, 6.45) is 5.03. The lowest BCUT2D eigenvalue weighted by Gasteiger charge is -2.31. The van der Waals surface area contributed by atoms with Crippen LogP contribution in [0.4, 0.5) is 0 Å². The second-order valence-electron chi connectivity index (χ2n) is 8.90. The van der Waals surface area contributed by atoms with Crippen molar-refractivity contribution in [3.05, 3.63) is 70.8 Å². The smallest absolute Gasteiger partial charge is 0.243 e. The molecule has 1 aliphatic rings. The molecule has 0 radical (unpaired) electrons. The molecule has 32 heavy (non-hydrogen) atoms. The van der Waals surface area contributed by atoms with Gasteiger partial charge in [0, 0.05) is 18.3 Å². The number of nitrogens with zero attached hydrogens (tertiary/aromatic N) is 1. The molecule has 0 aromatic heterocycles. The molecular formula is C27H36N2O2S. The third-order valence-electron chi connectivity index (χ3n) is 6.14. The van der Waals surface area contributed by atoms with Crippen LogP contribution >= 0.6 is 11.8 Å². The fraction of sp³-hybridized carbons (Fsp3) is 0.481. The topological polar surface area (TPSA) is 49.4 Å². The first-order chi connectivity index (χ1) is 15.5. The van der Waals surface area contributed by atoms with E-state index in [1.807, 2.05) is 6.92 Å². The molecule has 0 saturated heterocycles. The summed E-state index contributed by atoms with van der Waals surface area (Å²) in [6, 6.07) is 16.4. The van der Waals surface area contributed by atoms with Crippen molar-refractivity contribution in [3.8, 4) is 0 Å². The van der Waals surface area contributed by atoms with E-state index in [1.165, 1.54) is 29.5 Å². The first kappa shape index (κ1) is 24.4. The Bertz CT molecular complexity index is 891. The second kappa shape index (κ2) is 12.1. The van der Waals surface area contributed by atoms with Gasteiger partial charge in [0.05, 0.1) is 5.75 Å². The molecule has 0 spiro atoms. The van der Waals surface area contributed by atoms with Gasteiger partial charge in [-0.15, -0.1) is 11.8 Å². The Kier molecular flexibility index (Phi) is 9.22. The minimum absolute atomic E-state index is 0.0106. The summed E-state index contributed by atoms with van der Waals surface area (Å²) in [5.74, 6) is 1.17. The molecule has 5 heteroatoms. The molecule has 2 amide bonds. The van der Waals surface area contributed by atoms with E-state index in [0.29, 0.717) is 18.7 Å². The molecule has 3 rings (SSSR count).